The lowest BCUT2D eigenvalue weighted by molar-refractivity contribution is -0.135. The first-order valence-electron chi connectivity index (χ1n) is 7.39. The Kier molecular flexibility index (Phi) is 5.83. The molecule has 1 saturated heterocycles. The van der Waals surface area contributed by atoms with Crippen LogP contribution in [-0.4, -0.2) is 38.4 Å². The molecule has 1 atom stereocenters. The second kappa shape index (κ2) is 7.44. The Bertz CT molecular complexity index is 633. The topological polar surface area (TPSA) is 66.5 Å². The second-order valence-electron chi connectivity index (χ2n) is 5.59. The molecule has 122 valence electrons. The van der Waals surface area contributed by atoms with Gasteiger partial charge in [-0.1, -0.05) is 29.8 Å². The summed E-state index contributed by atoms with van der Waals surface area (Å²) in [7, 11) is -3.48. The molecule has 0 bridgehead atoms. The van der Waals surface area contributed by atoms with E-state index in [9.17, 15) is 13.2 Å². The molecule has 1 aliphatic rings. The predicted octanol–water partition coefficient (Wildman–Crippen LogP) is 2.16. The van der Waals surface area contributed by atoms with E-state index in [1.807, 2.05) is 6.92 Å². The maximum Gasteiger partial charge on any atom is 0.222 e. The highest BCUT2D eigenvalue weighted by atomic mass is 35.5. The minimum atomic E-state index is -3.48. The summed E-state index contributed by atoms with van der Waals surface area (Å²) in [6.07, 6.45) is 2.44. The second-order valence-corrected chi connectivity index (χ2v) is 7.81. The van der Waals surface area contributed by atoms with E-state index in [0.717, 1.165) is 12.8 Å². The van der Waals surface area contributed by atoms with Crippen molar-refractivity contribution in [2.24, 2.45) is 0 Å². The molecule has 0 radical (unpaired) electrons. The Hall–Kier alpha value is -1.11. The standard InChI is InChI=1S/C15H21ClN2O3S/c1-12(18-9-5-4-8-15(18)19)10-17-22(20,21)11-13-6-2-3-7-14(13)16/h2-3,6-7,12,17H,4-5,8-11H2,1H3. The van der Waals surface area contributed by atoms with Crippen molar-refractivity contribution < 1.29 is 13.2 Å². The highest BCUT2D eigenvalue weighted by Crippen LogP contribution is 2.17. The zero-order valence-electron chi connectivity index (χ0n) is 12.6. The molecule has 22 heavy (non-hydrogen) atoms. The van der Waals surface area contributed by atoms with Crippen LogP contribution in [0.25, 0.3) is 0 Å². The van der Waals surface area contributed by atoms with Crippen LogP contribution in [0.1, 0.15) is 31.7 Å². The average molecular weight is 345 g/mol. The van der Waals surface area contributed by atoms with Crippen molar-refractivity contribution in [2.45, 2.75) is 38.0 Å². The minimum Gasteiger partial charge on any atom is -0.339 e. The summed E-state index contributed by atoms with van der Waals surface area (Å²) >= 11 is 5.99. The first-order chi connectivity index (χ1) is 10.4. The molecule has 1 unspecified atom stereocenters. The van der Waals surface area contributed by atoms with Crippen LogP contribution in [0.15, 0.2) is 24.3 Å². The van der Waals surface area contributed by atoms with Gasteiger partial charge in [-0.3, -0.25) is 4.79 Å². The maximum absolute atomic E-state index is 12.1. The molecule has 1 aromatic carbocycles. The van der Waals surface area contributed by atoms with Gasteiger partial charge in [0.1, 0.15) is 0 Å². The summed E-state index contributed by atoms with van der Waals surface area (Å²) in [5.74, 6) is -0.0584. The van der Waals surface area contributed by atoms with E-state index in [1.165, 1.54) is 0 Å². The van der Waals surface area contributed by atoms with Gasteiger partial charge in [0.25, 0.3) is 0 Å². The third kappa shape index (κ3) is 4.69. The molecule has 1 heterocycles. The molecule has 2 rings (SSSR count). The van der Waals surface area contributed by atoms with Crippen molar-refractivity contribution in [3.63, 3.8) is 0 Å². The van der Waals surface area contributed by atoms with Crippen molar-refractivity contribution in [1.82, 2.24) is 9.62 Å². The molecule has 0 aliphatic carbocycles. The summed E-state index contributed by atoms with van der Waals surface area (Å²) in [6, 6.07) is 6.73. The molecule has 0 spiro atoms. The van der Waals surface area contributed by atoms with Gasteiger partial charge < -0.3 is 4.90 Å². The number of piperidine rings is 1. The van der Waals surface area contributed by atoms with Crippen LogP contribution in [0.3, 0.4) is 0 Å². The zero-order chi connectivity index (χ0) is 16.2. The average Bonchev–Trinajstić information content (AvgIpc) is 2.48. The summed E-state index contributed by atoms with van der Waals surface area (Å²) < 4.78 is 26.9. The number of halogens is 1. The fraction of sp³-hybridized carbons (Fsp3) is 0.533. The Labute approximate surface area is 136 Å². The lowest BCUT2D eigenvalue weighted by Gasteiger charge is -2.32. The number of carbonyl (C=O) groups is 1. The van der Waals surface area contributed by atoms with Crippen molar-refractivity contribution in [3.8, 4) is 0 Å². The third-order valence-corrected chi connectivity index (χ3v) is 5.46. The molecular formula is C15H21ClN2O3S. The van der Waals surface area contributed by atoms with E-state index in [1.54, 1.807) is 29.2 Å². The molecule has 1 fully saturated rings. The lowest BCUT2D eigenvalue weighted by Crippen LogP contribution is -2.47. The van der Waals surface area contributed by atoms with Crippen molar-refractivity contribution in [1.29, 1.82) is 0 Å². The van der Waals surface area contributed by atoms with Crippen LogP contribution in [0.4, 0.5) is 0 Å². The number of nitrogens with zero attached hydrogens (tertiary/aromatic N) is 1. The van der Waals surface area contributed by atoms with Gasteiger partial charge in [-0.15, -0.1) is 0 Å². The van der Waals surface area contributed by atoms with E-state index < -0.39 is 10.0 Å². The van der Waals surface area contributed by atoms with Crippen LogP contribution in [0.2, 0.25) is 5.02 Å². The lowest BCUT2D eigenvalue weighted by atomic mass is 10.1. The van der Waals surface area contributed by atoms with E-state index in [0.29, 0.717) is 23.6 Å². The van der Waals surface area contributed by atoms with Gasteiger partial charge in [0, 0.05) is 30.6 Å². The maximum atomic E-state index is 12.1. The molecule has 1 aliphatic heterocycles. The highest BCUT2D eigenvalue weighted by Gasteiger charge is 2.24. The van der Waals surface area contributed by atoms with Crippen molar-refractivity contribution in [2.75, 3.05) is 13.1 Å². The number of hydrogen-bond acceptors (Lipinski definition) is 3. The van der Waals surface area contributed by atoms with Crippen molar-refractivity contribution >= 4 is 27.5 Å². The molecule has 5 nitrogen and oxygen atoms in total. The summed E-state index contributed by atoms with van der Waals surface area (Å²) in [5.41, 5.74) is 0.568. The van der Waals surface area contributed by atoms with Crippen LogP contribution in [0, 0.1) is 0 Å². The molecule has 1 N–H and O–H groups in total. The number of carbonyl (C=O) groups excluding carboxylic acids is 1. The van der Waals surface area contributed by atoms with Gasteiger partial charge in [-0.05, 0) is 31.4 Å². The fourth-order valence-corrected chi connectivity index (χ4v) is 4.06. The van der Waals surface area contributed by atoms with Crippen LogP contribution < -0.4 is 4.72 Å². The molecule has 0 aromatic heterocycles. The molecular weight excluding hydrogens is 324 g/mol. The SMILES string of the molecule is CC(CNS(=O)(=O)Cc1ccccc1Cl)N1CCCCC1=O. The Morgan fingerprint density at radius 2 is 2.05 bits per heavy atom. The van der Waals surface area contributed by atoms with Gasteiger partial charge in [0.2, 0.25) is 15.9 Å². The van der Waals surface area contributed by atoms with Gasteiger partial charge in [0.05, 0.1) is 5.75 Å². The van der Waals surface area contributed by atoms with Gasteiger partial charge in [-0.25, -0.2) is 13.1 Å². The van der Waals surface area contributed by atoms with Crippen molar-refractivity contribution in [3.05, 3.63) is 34.9 Å². The number of rotatable bonds is 6. The van der Waals surface area contributed by atoms with Crippen LogP contribution in [-0.2, 0) is 20.6 Å². The molecule has 1 aromatic rings. The minimum absolute atomic E-state index is 0.101. The Balaban J connectivity index is 1.92. The number of likely N-dealkylation sites (tertiary alicyclic amines) is 1. The van der Waals surface area contributed by atoms with E-state index in [-0.39, 0.29) is 24.2 Å². The fourth-order valence-electron chi connectivity index (χ4n) is 2.52. The summed E-state index contributed by atoms with van der Waals surface area (Å²) in [5, 5.41) is 0.437. The summed E-state index contributed by atoms with van der Waals surface area (Å²) in [4.78, 5) is 13.6. The molecule has 7 heteroatoms. The third-order valence-electron chi connectivity index (χ3n) is 3.79. The largest absolute Gasteiger partial charge is 0.339 e. The first-order valence-corrected chi connectivity index (χ1v) is 9.42. The Morgan fingerprint density at radius 1 is 1.32 bits per heavy atom. The van der Waals surface area contributed by atoms with E-state index in [2.05, 4.69) is 4.72 Å². The first kappa shape index (κ1) is 17.2. The van der Waals surface area contributed by atoms with Crippen LogP contribution >= 0.6 is 11.6 Å². The smallest absolute Gasteiger partial charge is 0.222 e. The van der Waals surface area contributed by atoms with E-state index in [4.69, 9.17) is 11.6 Å². The number of sulfonamides is 1. The predicted molar refractivity (Wildman–Crippen MR) is 87.1 cm³/mol. The number of benzene rings is 1. The zero-order valence-corrected chi connectivity index (χ0v) is 14.2. The van der Waals surface area contributed by atoms with Gasteiger partial charge >= 0.3 is 0 Å². The van der Waals surface area contributed by atoms with Gasteiger partial charge in [0.15, 0.2) is 0 Å². The highest BCUT2D eigenvalue weighted by molar-refractivity contribution is 7.88. The molecule has 0 saturated carbocycles. The number of hydrogen-bond donors (Lipinski definition) is 1. The Morgan fingerprint density at radius 3 is 2.73 bits per heavy atom. The van der Waals surface area contributed by atoms with E-state index >= 15 is 0 Å². The molecule has 1 amide bonds. The quantitative estimate of drug-likeness (QED) is 0.860. The van der Waals surface area contributed by atoms with Gasteiger partial charge in [-0.2, -0.15) is 0 Å². The monoisotopic (exact) mass is 344 g/mol. The number of nitrogens with one attached hydrogen (secondary N) is 1. The number of amides is 1. The summed E-state index contributed by atoms with van der Waals surface area (Å²) in [6.45, 7) is 2.78. The normalized spacial score (nSPS) is 17.5. The van der Waals surface area contributed by atoms with Crippen LogP contribution in [0.5, 0.6) is 0 Å².